The Kier molecular flexibility index (Phi) is 6.18. The molecule has 2 rings (SSSR count). The van der Waals surface area contributed by atoms with Crippen molar-refractivity contribution in [2.45, 2.75) is 20.0 Å². The predicted octanol–water partition coefficient (Wildman–Crippen LogP) is 1.33. The third kappa shape index (κ3) is 5.42. The van der Waals surface area contributed by atoms with Crippen LogP contribution in [-0.2, 0) is 17.9 Å². The lowest BCUT2D eigenvalue weighted by molar-refractivity contribution is -0.872. The number of amides is 1. The number of carbonyl (C=O) groups excluding carboxylic acids is 1. The number of hydrogen-bond donors (Lipinski definition) is 2. The third-order valence-electron chi connectivity index (χ3n) is 3.59. The second kappa shape index (κ2) is 8.34. The van der Waals surface area contributed by atoms with Gasteiger partial charge >= 0.3 is 0 Å². The molecule has 2 aromatic rings. The maximum atomic E-state index is 12.0. The van der Waals surface area contributed by atoms with Crippen molar-refractivity contribution in [2.24, 2.45) is 0 Å². The number of benzene rings is 2. The van der Waals surface area contributed by atoms with Gasteiger partial charge in [-0.05, 0) is 24.1 Å². The summed E-state index contributed by atoms with van der Waals surface area (Å²) in [5.74, 6) is 0.638. The normalized spacial score (nSPS) is 10.6. The second-order valence-corrected chi connectivity index (χ2v) is 5.98. The molecule has 4 nitrogen and oxygen atoms in total. The van der Waals surface area contributed by atoms with Gasteiger partial charge in [-0.15, -0.1) is 0 Å². The summed E-state index contributed by atoms with van der Waals surface area (Å²) in [4.78, 5) is 13.3. The van der Waals surface area contributed by atoms with Crippen LogP contribution in [0.15, 0.2) is 48.5 Å². The van der Waals surface area contributed by atoms with Crippen LogP contribution in [-0.4, -0.2) is 26.6 Å². The van der Waals surface area contributed by atoms with Gasteiger partial charge in [-0.25, -0.2) is 0 Å². The van der Waals surface area contributed by atoms with Gasteiger partial charge in [0, 0.05) is 12.1 Å². The van der Waals surface area contributed by atoms with Crippen molar-refractivity contribution in [2.75, 3.05) is 20.7 Å². The fraction of sp³-hybridized carbons (Fsp3) is 0.316. The number of rotatable bonds is 7. The van der Waals surface area contributed by atoms with E-state index >= 15 is 0 Å². The van der Waals surface area contributed by atoms with E-state index in [4.69, 9.17) is 4.74 Å². The molecule has 0 fully saturated rings. The van der Waals surface area contributed by atoms with Crippen molar-refractivity contribution in [3.63, 3.8) is 0 Å². The second-order valence-electron chi connectivity index (χ2n) is 5.98. The monoisotopic (exact) mass is 313 g/mol. The molecule has 0 spiro atoms. The molecule has 0 aliphatic heterocycles. The number of aryl methyl sites for hydroxylation is 1. The van der Waals surface area contributed by atoms with E-state index in [-0.39, 0.29) is 12.5 Å². The molecule has 0 heterocycles. The zero-order valence-electron chi connectivity index (χ0n) is 14.1. The Morgan fingerprint density at radius 1 is 1.04 bits per heavy atom. The third-order valence-corrected chi connectivity index (χ3v) is 3.59. The number of quaternary nitrogens is 1. The number of carbonyl (C=O) groups is 1. The first-order chi connectivity index (χ1) is 11.1. The topological polar surface area (TPSA) is 42.8 Å². The van der Waals surface area contributed by atoms with Gasteiger partial charge in [0.1, 0.15) is 12.3 Å². The molecule has 2 N–H and O–H groups in total. The van der Waals surface area contributed by atoms with E-state index in [1.54, 1.807) is 0 Å². The van der Waals surface area contributed by atoms with Crippen molar-refractivity contribution in [1.82, 2.24) is 5.32 Å². The van der Waals surface area contributed by atoms with Gasteiger partial charge in [0.2, 0.25) is 0 Å². The van der Waals surface area contributed by atoms with Crippen LogP contribution in [0.1, 0.15) is 16.7 Å². The van der Waals surface area contributed by atoms with Gasteiger partial charge in [-0.1, -0.05) is 42.5 Å². The smallest absolute Gasteiger partial charge is 0.258 e. The van der Waals surface area contributed by atoms with Crippen LogP contribution in [0.5, 0.6) is 5.75 Å². The van der Waals surface area contributed by atoms with Crippen LogP contribution >= 0.6 is 0 Å². The Balaban J connectivity index is 1.86. The molecular formula is C19H25N2O2+. The number of hydrogen-bond acceptors (Lipinski definition) is 2. The SMILES string of the molecule is Cc1ccccc1OCC(=O)NCc1ccccc1C[NH+](C)C. The molecule has 0 aromatic heterocycles. The average molecular weight is 313 g/mol. The molecule has 0 atom stereocenters. The lowest BCUT2D eigenvalue weighted by Crippen LogP contribution is -3.04. The number of nitrogens with one attached hydrogen (secondary N) is 2. The molecular weight excluding hydrogens is 288 g/mol. The summed E-state index contributed by atoms with van der Waals surface area (Å²) in [5.41, 5.74) is 3.44. The van der Waals surface area contributed by atoms with E-state index in [0.717, 1.165) is 23.4 Å². The minimum Gasteiger partial charge on any atom is -0.484 e. The van der Waals surface area contributed by atoms with E-state index in [2.05, 4.69) is 31.5 Å². The molecule has 0 aliphatic carbocycles. The van der Waals surface area contributed by atoms with Crippen LogP contribution in [0.4, 0.5) is 0 Å². The Morgan fingerprint density at radius 3 is 2.39 bits per heavy atom. The van der Waals surface area contributed by atoms with Crippen molar-refractivity contribution >= 4 is 5.91 Å². The zero-order valence-corrected chi connectivity index (χ0v) is 14.1. The minimum atomic E-state index is -0.111. The van der Waals surface area contributed by atoms with Crippen LogP contribution in [0.25, 0.3) is 0 Å². The highest BCUT2D eigenvalue weighted by atomic mass is 16.5. The molecule has 2 aromatic carbocycles. The van der Waals surface area contributed by atoms with E-state index in [1.165, 1.54) is 10.5 Å². The fourth-order valence-electron chi connectivity index (χ4n) is 2.39. The first-order valence-corrected chi connectivity index (χ1v) is 7.87. The van der Waals surface area contributed by atoms with E-state index in [9.17, 15) is 4.79 Å². The molecule has 0 saturated carbocycles. The van der Waals surface area contributed by atoms with E-state index < -0.39 is 0 Å². The summed E-state index contributed by atoms with van der Waals surface area (Å²) < 4.78 is 5.57. The Morgan fingerprint density at radius 2 is 1.70 bits per heavy atom. The zero-order chi connectivity index (χ0) is 16.7. The highest BCUT2D eigenvalue weighted by molar-refractivity contribution is 5.77. The predicted molar refractivity (Wildman–Crippen MR) is 91.5 cm³/mol. The molecule has 0 unspecified atom stereocenters. The fourth-order valence-corrected chi connectivity index (χ4v) is 2.39. The highest BCUT2D eigenvalue weighted by Crippen LogP contribution is 2.15. The molecule has 0 radical (unpaired) electrons. The average Bonchev–Trinajstić information content (AvgIpc) is 2.53. The molecule has 4 heteroatoms. The highest BCUT2D eigenvalue weighted by Gasteiger charge is 2.08. The van der Waals surface area contributed by atoms with Crippen LogP contribution < -0.4 is 15.0 Å². The van der Waals surface area contributed by atoms with Crippen LogP contribution in [0, 0.1) is 6.92 Å². The summed E-state index contributed by atoms with van der Waals surface area (Å²) in [5, 5.41) is 2.93. The van der Waals surface area contributed by atoms with Crippen molar-refractivity contribution in [1.29, 1.82) is 0 Å². The Hall–Kier alpha value is -2.33. The summed E-state index contributed by atoms with van der Waals surface area (Å²) in [6, 6.07) is 15.9. The standard InChI is InChI=1S/C19H24N2O2/c1-15-8-4-7-11-18(15)23-14-19(22)20-12-16-9-5-6-10-17(16)13-21(2)3/h4-11H,12-14H2,1-3H3,(H,20,22)/p+1. The quantitative estimate of drug-likeness (QED) is 0.810. The maximum Gasteiger partial charge on any atom is 0.258 e. The van der Waals surface area contributed by atoms with Gasteiger partial charge < -0.3 is 15.0 Å². The molecule has 23 heavy (non-hydrogen) atoms. The summed E-state index contributed by atoms with van der Waals surface area (Å²) >= 11 is 0. The molecule has 122 valence electrons. The van der Waals surface area contributed by atoms with Crippen molar-refractivity contribution < 1.29 is 14.4 Å². The van der Waals surface area contributed by atoms with E-state index in [1.807, 2.05) is 43.3 Å². The molecule has 0 saturated heterocycles. The van der Waals surface area contributed by atoms with Crippen molar-refractivity contribution in [3.8, 4) is 5.75 Å². The number of ether oxygens (including phenoxy) is 1. The Bertz CT molecular complexity index is 653. The van der Waals surface area contributed by atoms with Gasteiger partial charge in [0.15, 0.2) is 6.61 Å². The largest absolute Gasteiger partial charge is 0.484 e. The Labute approximate surface area is 138 Å². The van der Waals surface area contributed by atoms with Crippen LogP contribution in [0.3, 0.4) is 0 Å². The molecule has 1 amide bonds. The minimum absolute atomic E-state index is 0.0337. The lowest BCUT2D eigenvalue weighted by atomic mass is 10.1. The summed E-state index contributed by atoms with van der Waals surface area (Å²) in [6.07, 6.45) is 0. The summed E-state index contributed by atoms with van der Waals surface area (Å²) in [7, 11) is 4.23. The van der Waals surface area contributed by atoms with E-state index in [0.29, 0.717) is 6.54 Å². The van der Waals surface area contributed by atoms with Crippen molar-refractivity contribution in [3.05, 3.63) is 65.2 Å². The molecule has 0 aliphatic rings. The first kappa shape index (κ1) is 17.0. The van der Waals surface area contributed by atoms with Gasteiger partial charge in [-0.3, -0.25) is 4.79 Å². The van der Waals surface area contributed by atoms with Gasteiger partial charge in [-0.2, -0.15) is 0 Å². The molecule has 0 bridgehead atoms. The van der Waals surface area contributed by atoms with Crippen LogP contribution in [0.2, 0.25) is 0 Å². The summed E-state index contributed by atoms with van der Waals surface area (Å²) in [6.45, 7) is 3.46. The lowest BCUT2D eigenvalue weighted by Gasteiger charge is -2.13. The van der Waals surface area contributed by atoms with Gasteiger partial charge in [0.05, 0.1) is 14.1 Å². The first-order valence-electron chi connectivity index (χ1n) is 7.87. The van der Waals surface area contributed by atoms with Gasteiger partial charge in [0.25, 0.3) is 5.91 Å². The number of para-hydroxylation sites is 1. The maximum absolute atomic E-state index is 12.0.